The number of nitrogens with one attached hydrogen (secondary N) is 1. The van der Waals surface area contributed by atoms with E-state index in [0.29, 0.717) is 25.1 Å². The number of ether oxygens (including phenoxy) is 1. The Balaban J connectivity index is 1.60. The van der Waals surface area contributed by atoms with Gasteiger partial charge in [0, 0.05) is 23.8 Å². The Hall–Kier alpha value is -2.82. The van der Waals surface area contributed by atoms with Gasteiger partial charge in [0.1, 0.15) is 12.4 Å². The van der Waals surface area contributed by atoms with Gasteiger partial charge in [0.05, 0.1) is 5.92 Å². The largest absolute Gasteiger partial charge is 0.492 e. The van der Waals surface area contributed by atoms with E-state index in [1.807, 2.05) is 61.2 Å². The molecule has 0 aromatic heterocycles. The lowest BCUT2D eigenvalue weighted by Crippen LogP contribution is -2.44. The number of carbonyl (C=O) groups excluding carboxylic acids is 2. The maximum absolute atomic E-state index is 13.3. The summed E-state index contributed by atoms with van der Waals surface area (Å²) >= 11 is 0. The molecular weight excluding hydrogens is 352 g/mol. The molecule has 0 fully saturated rings. The highest BCUT2D eigenvalue weighted by Gasteiger charge is 2.33. The first-order valence-corrected chi connectivity index (χ1v) is 9.99. The van der Waals surface area contributed by atoms with Crippen LogP contribution < -0.4 is 15.0 Å². The standard InChI is InChI=1S/C23H26N2O3/c1-15(2)24-22(26)19-8-5-10-20-18(19)9-6-12-25(20)23(27)17-13-16-7-3-4-11-21(16)28-14-17/h3-5,7-8,10-11,15,17H,6,9,12-14H2,1-2H3,(H,24,26)/t17-/m0/s1. The molecule has 5 nitrogen and oxygen atoms in total. The normalized spacial score (nSPS) is 18.1. The third kappa shape index (κ3) is 3.49. The highest BCUT2D eigenvalue weighted by atomic mass is 16.5. The Morgan fingerprint density at radius 1 is 1.14 bits per heavy atom. The molecule has 0 radical (unpaired) electrons. The first-order chi connectivity index (χ1) is 13.5. The summed E-state index contributed by atoms with van der Waals surface area (Å²) in [5, 5.41) is 2.97. The van der Waals surface area contributed by atoms with Gasteiger partial charge in [-0.25, -0.2) is 0 Å². The summed E-state index contributed by atoms with van der Waals surface area (Å²) in [6.07, 6.45) is 2.36. The fourth-order valence-electron chi connectivity index (χ4n) is 4.11. The van der Waals surface area contributed by atoms with Crippen LogP contribution in [0.15, 0.2) is 42.5 Å². The van der Waals surface area contributed by atoms with E-state index in [4.69, 9.17) is 4.74 Å². The van der Waals surface area contributed by atoms with Gasteiger partial charge in [-0.3, -0.25) is 9.59 Å². The summed E-state index contributed by atoms with van der Waals surface area (Å²) in [6.45, 7) is 4.97. The molecule has 1 N–H and O–H groups in total. The molecule has 0 saturated carbocycles. The molecule has 0 aliphatic carbocycles. The minimum absolute atomic E-state index is 0.0731. The molecule has 0 saturated heterocycles. The summed E-state index contributed by atoms with van der Waals surface area (Å²) in [5.41, 5.74) is 3.59. The molecule has 0 unspecified atom stereocenters. The van der Waals surface area contributed by atoms with Crippen LogP contribution in [0.1, 0.15) is 41.8 Å². The van der Waals surface area contributed by atoms with Crippen molar-refractivity contribution in [2.24, 2.45) is 5.92 Å². The van der Waals surface area contributed by atoms with Crippen LogP contribution in [0.3, 0.4) is 0 Å². The van der Waals surface area contributed by atoms with E-state index in [-0.39, 0.29) is 23.8 Å². The van der Waals surface area contributed by atoms with Gasteiger partial charge in [-0.05, 0) is 62.4 Å². The first kappa shape index (κ1) is 18.5. The van der Waals surface area contributed by atoms with E-state index in [1.165, 1.54) is 0 Å². The van der Waals surface area contributed by atoms with E-state index in [1.54, 1.807) is 0 Å². The summed E-state index contributed by atoms with van der Waals surface area (Å²) in [6, 6.07) is 13.6. The summed E-state index contributed by atoms with van der Waals surface area (Å²) in [4.78, 5) is 27.8. The second-order valence-electron chi connectivity index (χ2n) is 7.84. The van der Waals surface area contributed by atoms with E-state index in [2.05, 4.69) is 5.32 Å². The van der Waals surface area contributed by atoms with E-state index >= 15 is 0 Å². The molecule has 28 heavy (non-hydrogen) atoms. The third-order valence-corrected chi connectivity index (χ3v) is 5.41. The van der Waals surface area contributed by atoms with Crippen molar-refractivity contribution in [1.29, 1.82) is 0 Å². The molecule has 2 aromatic rings. The number of amides is 2. The molecule has 4 rings (SSSR count). The molecule has 146 valence electrons. The Morgan fingerprint density at radius 3 is 2.79 bits per heavy atom. The van der Waals surface area contributed by atoms with Gasteiger partial charge in [0.25, 0.3) is 5.91 Å². The predicted molar refractivity (Wildman–Crippen MR) is 109 cm³/mol. The Bertz CT molecular complexity index is 906. The van der Waals surface area contributed by atoms with E-state index in [0.717, 1.165) is 35.4 Å². The van der Waals surface area contributed by atoms with Gasteiger partial charge in [0.2, 0.25) is 5.91 Å². The zero-order valence-electron chi connectivity index (χ0n) is 16.4. The van der Waals surface area contributed by atoms with Crippen LogP contribution in [0.25, 0.3) is 0 Å². The van der Waals surface area contributed by atoms with Crippen molar-refractivity contribution >= 4 is 17.5 Å². The molecule has 2 amide bonds. The highest BCUT2D eigenvalue weighted by Crippen LogP contribution is 2.33. The highest BCUT2D eigenvalue weighted by molar-refractivity contribution is 6.01. The monoisotopic (exact) mass is 378 g/mol. The van der Waals surface area contributed by atoms with Crippen molar-refractivity contribution < 1.29 is 14.3 Å². The molecule has 0 bridgehead atoms. The third-order valence-electron chi connectivity index (χ3n) is 5.41. The zero-order chi connectivity index (χ0) is 19.7. The minimum Gasteiger partial charge on any atom is -0.492 e. The zero-order valence-corrected chi connectivity index (χ0v) is 16.4. The molecule has 0 spiro atoms. The van der Waals surface area contributed by atoms with Gasteiger partial charge >= 0.3 is 0 Å². The van der Waals surface area contributed by atoms with E-state index < -0.39 is 0 Å². The first-order valence-electron chi connectivity index (χ1n) is 9.99. The predicted octanol–water partition coefficient (Wildman–Crippen LogP) is 3.36. The van der Waals surface area contributed by atoms with Gasteiger partial charge < -0.3 is 15.0 Å². The SMILES string of the molecule is CC(C)NC(=O)c1cccc2c1CCCN2C(=O)[C@@H]1COc2ccccc2C1. The van der Waals surface area contributed by atoms with E-state index in [9.17, 15) is 9.59 Å². The van der Waals surface area contributed by atoms with Crippen molar-refractivity contribution in [1.82, 2.24) is 5.32 Å². The van der Waals surface area contributed by atoms with Gasteiger partial charge in [-0.1, -0.05) is 24.3 Å². The molecule has 2 aliphatic heterocycles. The van der Waals surface area contributed by atoms with Crippen LogP contribution >= 0.6 is 0 Å². The quantitative estimate of drug-likeness (QED) is 0.891. The number of fused-ring (bicyclic) bond motifs is 2. The topological polar surface area (TPSA) is 58.6 Å². The Morgan fingerprint density at radius 2 is 1.96 bits per heavy atom. The van der Waals surface area contributed by atoms with Crippen LogP contribution in [0, 0.1) is 5.92 Å². The van der Waals surface area contributed by atoms with Crippen molar-refractivity contribution in [2.45, 2.75) is 39.2 Å². The lowest BCUT2D eigenvalue weighted by Gasteiger charge is -2.34. The van der Waals surface area contributed by atoms with Crippen LogP contribution in [0.5, 0.6) is 5.75 Å². The lowest BCUT2D eigenvalue weighted by molar-refractivity contribution is -0.123. The van der Waals surface area contributed by atoms with Gasteiger partial charge in [-0.15, -0.1) is 0 Å². The Labute approximate surface area is 165 Å². The Kier molecular flexibility index (Phi) is 5.07. The molecule has 2 aromatic carbocycles. The average Bonchev–Trinajstić information content (AvgIpc) is 2.71. The average molecular weight is 378 g/mol. The summed E-state index contributed by atoms with van der Waals surface area (Å²) in [5.74, 6) is 0.681. The molecule has 2 aliphatic rings. The maximum Gasteiger partial charge on any atom is 0.251 e. The second-order valence-corrected chi connectivity index (χ2v) is 7.84. The van der Waals surface area contributed by atoms with Crippen LogP contribution in [-0.4, -0.2) is 31.0 Å². The van der Waals surface area contributed by atoms with Crippen molar-refractivity contribution in [3.63, 3.8) is 0 Å². The molecular formula is C23H26N2O3. The number of carbonyl (C=O) groups is 2. The van der Waals surface area contributed by atoms with Crippen LogP contribution in [-0.2, 0) is 17.6 Å². The van der Waals surface area contributed by atoms with Crippen LogP contribution in [0.2, 0.25) is 0 Å². The molecule has 2 heterocycles. The number of hydrogen-bond donors (Lipinski definition) is 1. The van der Waals surface area contributed by atoms with Crippen molar-refractivity contribution in [3.05, 3.63) is 59.2 Å². The number of anilines is 1. The number of benzene rings is 2. The van der Waals surface area contributed by atoms with Crippen LogP contribution in [0.4, 0.5) is 5.69 Å². The summed E-state index contributed by atoms with van der Waals surface area (Å²) in [7, 11) is 0. The summed E-state index contributed by atoms with van der Waals surface area (Å²) < 4.78 is 5.83. The minimum atomic E-state index is -0.200. The number of para-hydroxylation sites is 1. The smallest absolute Gasteiger partial charge is 0.251 e. The maximum atomic E-state index is 13.3. The molecule has 1 atom stereocenters. The van der Waals surface area contributed by atoms with Crippen molar-refractivity contribution in [2.75, 3.05) is 18.1 Å². The number of rotatable bonds is 3. The van der Waals surface area contributed by atoms with Gasteiger partial charge in [0.15, 0.2) is 0 Å². The second kappa shape index (κ2) is 7.66. The lowest BCUT2D eigenvalue weighted by atomic mass is 9.92. The van der Waals surface area contributed by atoms with Gasteiger partial charge in [-0.2, -0.15) is 0 Å². The fraction of sp³-hybridized carbons (Fsp3) is 0.391. The van der Waals surface area contributed by atoms with Crippen molar-refractivity contribution in [3.8, 4) is 5.75 Å². The number of nitrogens with zero attached hydrogens (tertiary/aromatic N) is 1. The molecule has 5 heteroatoms. The fourth-order valence-corrected chi connectivity index (χ4v) is 4.11. The number of hydrogen-bond acceptors (Lipinski definition) is 3.